The molecule has 0 unspecified atom stereocenters. The van der Waals surface area contributed by atoms with Crippen molar-refractivity contribution in [1.82, 2.24) is 9.55 Å². The quantitative estimate of drug-likeness (QED) is 0.798. The average Bonchev–Trinajstić information content (AvgIpc) is 2.78. The van der Waals surface area contributed by atoms with Gasteiger partial charge >= 0.3 is 0 Å². The molecule has 0 atom stereocenters. The number of imidazole rings is 1. The second-order valence-electron chi connectivity index (χ2n) is 4.54. The van der Waals surface area contributed by atoms with Gasteiger partial charge < -0.3 is 10.3 Å². The summed E-state index contributed by atoms with van der Waals surface area (Å²) in [6, 6.07) is 13.4. The van der Waals surface area contributed by atoms with Gasteiger partial charge in [-0.2, -0.15) is 0 Å². The number of aromatic nitrogens is 2. The van der Waals surface area contributed by atoms with E-state index in [0.29, 0.717) is 18.1 Å². The third-order valence-electron chi connectivity index (χ3n) is 3.26. The summed E-state index contributed by atoms with van der Waals surface area (Å²) in [5.74, 6) is 0.821. The molecule has 102 valence electrons. The van der Waals surface area contributed by atoms with E-state index < -0.39 is 0 Å². The highest BCUT2D eigenvalue weighted by molar-refractivity contribution is 6.31. The normalized spacial score (nSPS) is 11.2. The number of benzene rings is 2. The van der Waals surface area contributed by atoms with E-state index >= 15 is 0 Å². The highest BCUT2D eigenvalue weighted by Gasteiger charge is 2.11. The zero-order valence-electron chi connectivity index (χ0n) is 10.7. The Morgan fingerprint density at radius 1 is 1.10 bits per heavy atom. The maximum Gasteiger partial charge on any atom is 0.123 e. The SMILES string of the molecule is NCc1nc2cc(Cl)ccc2n1Cc1ccccc1Cl. The number of hydrogen-bond acceptors (Lipinski definition) is 2. The lowest BCUT2D eigenvalue weighted by Crippen LogP contribution is -2.09. The molecule has 0 saturated carbocycles. The summed E-state index contributed by atoms with van der Waals surface area (Å²) in [7, 11) is 0. The Hall–Kier alpha value is -1.55. The zero-order chi connectivity index (χ0) is 14.1. The third kappa shape index (κ3) is 2.40. The smallest absolute Gasteiger partial charge is 0.123 e. The van der Waals surface area contributed by atoms with Gasteiger partial charge in [0.1, 0.15) is 5.82 Å². The highest BCUT2D eigenvalue weighted by atomic mass is 35.5. The molecule has 0 aliphatic carbocycles. The van der Waals surface area contributed by atoms with Crippen molar-refractivity contribution in [3.63, 3.8) is 0 Å². The minimum atomic E-state index is 0.372. The monoisotopic (exact) mass is 305 g/mol. The second kappa shape index (κ2) is 5.44. The Morgan fingerprint density at radius 3 is 2.65 bits per heavy atom. The first kappa shape index (κ1) is 13.4. The van der Waals surface area contributed by atoms with E-state index in [9.17, 15) is 0 Å². The van der Waals surface area contributed by atoms with Gasteiger partial charge in [0, 0.05) is 10.0 Å². The van der Waals surface area contributed by atoms with Crippen LogP contribution in [-0.2, 0) is 13.1 Å². The van der Waals surface area contributed by atoms with Crippen molar-refractivity contribution in [3.05, 3.63) is 63.9 Å². The lowest BCUT2D eigenvalue weighted by atomic mass is 10.2. The largest absolute Gasteiger partial charge is 0.324 e. The zero-order valence-corrected chi connectivity index (χ0v) is 12.2. The van der Waals surface area contributed by atoms with Crippen LogP contribution in [0.15, 0.2) is 42.5 Å². The number of nitrogens with two attached hydrogens (primary N) is 1. The first-order chi connectivity index (χ1) is 9.69. The van der Waals surface area contributed by atoms with Crippen LogP contribution in [0.3, 0.4) is 0 Å². The lowest BCUT2D eigenvalue weighted by Gasteiger charge is -2.09. The molecular weight excluding hydrogens is 293 g/mol. The van der Waals surface area contributed by atoms with Gasteiger partial charge in [-0.25, -0.2) is 4.98 Å². The summed E-state index contributed by atoms with van der Waals surface area (Å²) in [5.41, 5.74) is 8.70. The minimum Gasteiger partial charge on any atom is -0.324 e. The van der Waals surface area contributed by atoms with E-state index in [1.165, 1.54) is 0 Å². The van der Waals surface area contributed by atoms with Crippen molar-refractivity contribution >= 4 is 34.2 Å². The summed E-state index contributed by atoms with van der Waals surface area (Å²) in [5, 5.41) is 1.41. The number of halogens is 2. The van der Waals surface area contributed by atoms with E-state index in [2.05, 4.69) is 9.55 Å². The van der Waals surface area contributed by atoms with E-state index in [1.54, 1.807) is 0 Å². The van der Waals surface area contributed by atoms with Gasteiger partial charge in [0.25, 0.3) is 0 Å². The first-order valence-corrected chi connectivity index (χ1v) is 7.03. The predicted octanol–water partition coefficient (Wildman–Crippen LogP) is 3.85. The Labute approximate surface area is 126 Å². The summed E-state index contributed by atoms with van der Waals surface area (Å²) in [6.45, 7) is 1.01. The molecule has 0 saturated heterocycles. The molecule has 0 spiro atoms. The molecule has 20 heavy (non-hydrogen) atoms. The molecule has 0 aliphatic heterocycles. The van der Waals surface area contributed by atoms with Gasteiger partial charge in [0.2, 0.25) is 0 Å². The Morgan fingerprint density at radius 2 is 1.90 bits per heavy atom. The van der Waals surface area contributed by atoms with Gasteiger partial charge in [0.05, 0.1) is 24.1 Å². The van der Waals surface area contributed by atoms with Crippen molar-refractivity contribution in [2.75, 3.05) is 0 Å². The summed E-state index contributed by atoms with van der Waals surface area (Å²) in [4.78, 5) is 4.53. The average molecular weight is 306 g/mol. The second-order valence-corrected chi connectivity index (χ2v) is 5.39. The predicted molar refractivity (Wildman–Crippen MR) is 83.2 cm³/mol. The lowest BCUT2D eigenvalue weighted by molar-refractivity contribution is 0.744. The van der Waals surface area contributed by atoms with E-state index in [0.717, 1.165) is 27.4 Å². The number of hydrogen-bond donors (Lipinski definition) is 1. The molecule has 0 amide bonds. The standard InChI is InChI=1S/C15H13Cl2N3/c16-11-5-6-14-13(7-11)19-15(8-18)20(14)9-10-3-1-2-4-12(10)17/h1-7H,8-9,18H2. The fourth-order valence-corrected chi connectivity index (χ4v) is 2.64. The van der Waals surface area contributed by atoms with Crippen LogP contribution in [0.4, 0.5) is 0 Å². The number of fused-ring (bicyclic) bond motifs is 1. The van der Waals surface area contributed by atoms with Gasteiger partial charge in [-0.1, -0.05) is 41.4 Å². The van der Waals surface area contributed by atoms with Crippen molar-refractivity contribution in [2.24, 2.45) is 5.73 Å². The summed E-state index contributed by atoms with van der Waals surface area (Å²) in [6.07, 6.45) is 0. The first-order valence-electron chi connectivity index (χ1n) is 6.27. The molecule has 3 rings (SSSR count). The third-order valence-corrected chi connectivity index (χ3v) is 3.86. The van der Waals surface area contributed by atoms with Crippen LogP contribution < -0.4 is 5.73 Å². The molecule has 2 aromatic carbocycles. The highest BCUT2D eigenvalue weighted by Crippen LogP contribution is 2.23. The van der Waals surface area contributed by atoms with E-state index in [-0.39, 0.29) is 0 Å². The molecule has 2 N–H and O–H groups in total. The van der Waals surface area contributed by atoms with Gasteiger partial charge in [-0.05, 0) is 29.8 Å². The molecule has 1 aromatic heterocycles. The van der Waals surface area contributed by atoms with Gasteiger partial charge in [-0.15, -0.1) is 0 Å². The molecule has 0 bridgehead atoms. The Kier molecular flexibility index (Phi) is 3.66. The van der Waals surface area contributed by atoms with Gasteiger partial charge in [-0.3, -0.25) is 0 Å². The fourth-order valence-electron chi connectivity index (χ4n) is 2.28. The van der Waals surface area contributed by atoms with Crippen molar-refractivity contribution in [1.29, 1.82) is 0 Å². The van der Waals surface area contributed by atoms with Gasteiger partial charge in [0.15, 0.2) is 0 Å². The van der Waals surface area contributed by atoms with Crippen molar-refractivity contribution < 1.29 is 0 Å². The molecule has 1 heterocycles. The number of rotatable bonds is 3. The topological polar surface area (TPSA) is 43.8 Å². The molecule has 0 aliphatic rings. The van der Waals surface area contributed by atoms with Crippen LogP contribution in [0.5, 0.6) is 0 Å². The van der Waals surface area contributed by atoms with Crippen LogP contribution in [0.25, 0.3) is 11.0 Å². The molecule has 0 fully saturated rings. The minimum absolute atomic E-state index is 0.372. The van der Waals surface area contributed by atoms with Crippen LogP contribution in [0.2, 0.25) is 10.0 Å². The molecule has 3 nitrogen and oxygen atoms in total. The summed E-state index contributed by atoms with van der Waals surface area (Å²) < 4.78 is 2.08. The van der Waals surface area contributed by atoms with Crippen LogP contribution in [0, 0.1) is 0 Å². The molecular formula is C15H13Cl2N3. The molecule has 0 radical (unpaired) electrons. The van der Waals surface area contributed by atoms with E-state index in [1.807, 2.05) is 42.5 Å². The van der Waals surface area contributed by atoms with Crippen LogP contribution in [-0.4, -0.2) is 9.55 Å². The fraction of sp³-hybridized carbons (Fsp3) is 0.133. The van der Waals surface area contributed by atoms with Crippen molar-refractivity contribution in [2.45, 2.75) is 13.1 Å². The maximum atomic E-state index is 6.23. The molecule has 3 aromatic rings. The van der Waals surface area contributed by atoms with Crippen LogP contribution >= 0.6 is 23.2 Å². The number of nitrogens with zero attached hydrogens (tertiary/aromatic N) is 2. The summed E-state index contributed by atoms with van der Waals surface area (Å²) >= 11 is 12.2. The van der Waals surface area contributed by atoms with Crippen LogP contribution in [0.1, 0.15) is 11.4 Å². The maximum absolute atomic E-state index is 6.23. The van der Waals surface area contributed by atoms with Crippen molar-refractivity contribution in [3.8, 4) is 0 Å². The Bertz CT molecular complexity index is 765. The van der Waals surface area contributed by atoms with E-state index in [4.69, 9.17) is 28.9 Å². The Balaban J connectivity index is 2.12. The molecule has 5 heteroatoms.